The fourth-order valence-corrected chi connectivity index (χ4v) is 2.94. The number of aliphatic hydroxyl groups is 1. The number of carbonyl (C=O) groups excluding carboxylic acids is 1. The Balaban J connectivity index is 2.40. The number of thioether (sulfide) groups is 1. The van der Waals surface area contributed by atoms with Gasteiger partial charge >= 0.3 is 0 Å². The van der Waals surface area contributed by atoms with Crippen LogP contribution in [0.3, 0.4) is 0 Å². The van der Waals surface area contributed by atoms with Crippen LogP contribution in [0, 0.1) is 0 Å². The molecule has 100 valence electrons. The van der Waals surface area contributed by atoms with Gasteiger partial charge in [0.1, 0.15) is 0 Å². The van der Waals surface area contributed by atoms with Crippen molar-refractivity contribution in [2.24, 2.45) is 0 Å². The molecule has 0 bridgehead atoms. The molecule has 2 N–H and O–H groups in total. The molecule has 0 saturated carbocycles. The molecule has 1 amide bonds. The topological polar surface area (TPSA) is 52.6 Å². The van der Waals surface area contributed by atoms with Gasteiger partial charge < -0.3 is 15.3 Å². The number of hydrogen-bond donors (Lipinski definition) is 2. The van der Waals surface area contributed by atoms with Crippen LogP contribution in [0.4, 0.5) is 0 Å². The maximum absolute atomic E-state index is 12.2. The summed E-state index contributed by atoms with van der Waals surface area (Å²) in [5.74, 6) is 2.37. The average molecular weight is 260 g/mol. The molecule has 4 nitrogen and oxygen atoms in total. The lowest BCUT2D eigenvalue weighted by Crippen LogP contribution is -2.45. The second kappa shape index (κ2) is 7.95. The summed E-state index contributed by atoms with van der Waals surface area (Å²) in [7, 11) is 0. The van der Waals surface area contributed by atoms with Crippen molar-refractivity contribution in [3.8, 4) is 0 Å². The minimum absolute atomic E-state index is 0.147. The molecule has 1 fully saturated rings. The van der Waals surface area contributed by atoms with Gasteiger partial charge in [0.05, 0.1) is 0 Å². The molecule has 1 aliphatic rings. The van der Waals surface area contributed by atoms with Gasteiger partial charge in [-0.3, -0.25) is 4.79 Å². The molecule has 0 spiro atoms. The summed E-state index contributed by atoms with van der Waals surface area (Å²) in [5.41, 5.74) is 0. The van der Waals surface area contributed by atoms with E-state index in [0.29, 0.717) is 25.4 Å². The van der Waals surface area contributed by atoms with Crippen LogP contribution in [0.5, 0.6) is 0 Å². The van der Waals surface area contributed by atoms with E-state index in [9.17, 15) is 4.79 Å². The Morgan fingerprint density at radius 3 is 2.88 bits per heavy atom. The van der Waals surface area contributed by atoms with Gasteiger partial charge in [-0.15, -0.1) is 0 Å². The van der Waals surface area contributed by atoms with Crippen molar-refractivity contribution in [2.75, 3.05) is 31.2 Å². The van der Waals surface area contributed by atoms with Gasteiger partial charge in [0, 0.05) is 49.7 Å². The van der Waals surface area contributed by atoms with E-state index in [-0.39, 0.29) is 18.6 Å². The van der Waals surface area contributed by atoms with Crippen LogP contribution in [-0.2, 0) is 4.79 Å². The van der Waals surface area contributed by atoms with E-state index in [1.807, 2.05) is 30.5 Å². The Morgan fingerprint density at radius 1 is 1.59 bits per heavy atom. The van der Waals surface area contributed by atoms with Crippen LogP contribution in [0.1, 0.15) is 26.7 Å². The predicted octanol–water partition coefficient (Wildman–Crippen LogP) is 0.701. The molecule has 1 heterocycles. The van der Waals surface area contributed by atoms with Crippen molar-refractivity contribution in [3.05, 3.63) is 0 Å². The summed E-state index contributed by atoms with van der Waals surface area (Å²) >= 11 is 1.91. The van der Waals surface area contributed by atoms with Crippen LogP contribution >= 0.6 is 11.8 Å². The lowest BCUT2D eigenvalue weighted by Gasteiger charge is -2.30. The minimum Gasteiger partial charge on any atom is -0.396 e. The summed E-state index contributed by atoms with van der Waals surface area (Å²) in [6.07, 6.45) is 1.24. The largest absolute Gasteiger partial charge is 0.396 e. The number of nitrogens with zero attached hydrogens (tertiary/aromatic N) is 1. The maximum atomic E-state index is 12.2. The van der Waals surface area contributed by atoms with Crippen molar-refractivity contribution in [3.63, 3.8) is 0 Å². The van der Waals surface area contributed by atoms with Gasteiger partial charge in [0.2, 0.25) is 5.91 Å². The number of hydrogen-bond acceptors (Lipinski definition) is 4. The first-order valence-electron chi connectivity index (χ1n) is 6.36. The van der Waals surface area contributed by atoms with Crippen LogP contribution in [0.15, 0.2) is 0 Å². The number of carbonyl (C=O) groups is 1. The molecule has 0 aromatic heterocycles. The fraction of sp³-hybridized carbons (Fsp3) is 0.917. The molecule has 1 saturated heterocycles. The monoisotopic (exact) mass is 260 g/mol. The SMILES string of the molecule is CC(C)N(CCCO)C(=O)CC1CSCCN1. The molecule has 1 unspecified atom stereocenters. The highest BCUT2D eigenvalue weighted by Crippen LogP contribution is 2.12. The summed E-state index contributed by atoms with van der Waals surface area (Å²) in [4.78, 5) is 14.0. The third-order valence-electron chi connectivity index (χ3n) is 2.92. The smallest absolute Gasteiger partial charge is 0.224 e. The first-order chi connectivity index (χ1) is 8.15. The van der Waals surface area contributed by atoms with Gasteiger partial charge in [-0.25, -0.2) is 0 Å². The molecule has 0 radical (unpaired) electrons. The molecule has 0 aromatic carbocycles. The quantitative estimate of drug-likeness (QED) is 0.738. The number of amides is 1. The van der Waals surface area contributed by atoms with Crippen molar-refractivity contribution >= 4 is 17.7 Å². The standard InChI is InChI=1S/C12H24N2O2S/c1-10(2)14(5-3-6-15)12(16)8-11-9-17-7-4-13-11/h10-11,13,15H,3-9H2,1-2H3. The van der Waals surface area contributed by atoms with E-state index in [1.165, 1.54) is 0 Å². The van der Waals surface area contributed by atoms with Gasteiger partial charge in [-0.1, -0.05) is 0 Å². The van der Waals surface area contributed by atoms with E-state index >= 15 is 0 Å². The molecular formula is C12H24N2O2S. The van der Waals surface area contributed by atoms with Crippen LogP contribution in [0.2, 0.25) is 0 Å². The van der Waals surface area contributed by atoms with E-state index in [2.05, 4.69) is 5.32 Å². The van der Waals surface area contributed by atoms with Gasteiger partial charge in [-0.05, 0) is 20.3 Å². The van der Waals surface area contributed by atoms with Crippen molar-refractivity contribution in [1.29, 1.82) is 0 Å². The van der Waals surface area contributed by atoms with Crippen molar-refractivity contribution < 1.29 is 9.90 Å². The predicted molar refractivity (Wildman–Crippen MR) is 72.3 cm³/mol. The zero-order valence-electron chi connectivity index (χ0n) is 10.8. The summed E-state index contributed by atoms with van der Waals surface area (Å²) in [6, 6.07) is 0.530. The Hall–Kier alpha value is -0.260. The molecular weight excluding hydrogens is 236 g/mol. The zero-order valence-corrected chi connectivity index (χ0v) is 11.6. The van der Waals surface area contributed by atoms with E-state index in [4.69, 9.17) is 5.11 Å². The van der Waals surface area contributed by atoms with Crippen molar-refractivity contribution in [1.82, 2.24) is 10.2 Å². The van der Waals surface area contributed by atoms with E-state index in [1.54, 1.807) is 0 Å². The van der Waals surface area contributed by atoms with Gasteiger partial charge in [0.25, 0.3) is 0 Å². The summed E-state index contributed by atoms with van der Waals surface area (Å²) in [5, 5.41) is 12.2. The molecule has 1 atom stereocenters. The lowest BCUT2D eigenvalue weighted by molar-refractivity contribution is -0.133. The fourth-order valence-electron chi connectivity index (χ4n) is 1.99. The lowest BCUT2D eigenvalue weighted by atomic mass is 10.1. The number of nitrogens with one attached hydrogen (secondary N) is 1. The van der Waals surface area contributed by atoms with E-state index in [0.717, 1.165) is 18.1 Å². The van der Waals surface area contributed by atoms with Gasteiger partial charge in [-0.2, -0.15) is 11.8 Å². The third kappa shape index (κ3) is 5.27. The zero-order chi connectivity index (χ0) is 12.7. The van der Waals surface area contributed by atoms with Crippen LogP contribution in [-0.4, -0.2) is 59.2 Å². The Labute approximate surface area is 108 Å². The molecule has 5 heteroatoms. The second-order valence-corrected chi connectivity index (χ2v) is 5.84. The van der Waals surface area contributed by atoms with Gasteiger partial charge in [0.15, 0.2) is 0 Å². The summed E-state index contributed by atoms with van der Waals surface area (Å²) < 4.78 is 0. The van der Waals surface area contributed by atoms with Crippen LogP contribution < -0.4 is 5.32 Å². The maximum Gasteiger partial charge on any atom is 0.224 e. The summed E-state index contributed by atoms with van der Waals surface area (Å²) in [6.45, 7) is 5.86. The molecule has 0 aliphatic carbocycles. The molecule has 0 aromatic rings. The first-order valence-corrected chi connectivity index (χ1v) is 7.52. The molecule has 1 aliphatic heterocycles. The normalized spacial score (nSPS) is 20.6. The number of aliphatic hydroxyl groups excluding tert-OH is 1. The van der Waals surface area contributed by atoms with Crippen LogP contribution in [0.25, 0.3) is 0 Å². The molecule has 17 heavy (non-hydrogen) atoms. The van der Waals surface area contributed by atoms with E-state index < -0.39 is 0 Å². The Bertz CT molecular complexity index is 231. The highest BCUT2D eigenvalue weighted by atomic mass is 32.2. The highest BCUT2D eigenvalue weighted by Gasteiger charge is 2.22. The van der Waals surface area contributed by atoms with Crippen molar-refractivity contribution in [2.45, 2.75) is 38.8 Å². The third-order valence-corrected chi connectivity index (χ3v) is 4.05. The second-order valence-electron chi connectivity index (χ2n) is 4.69. The Kier molecular flexibility index (Phi) is 6.92. The highest BCUT2D eigenvalue weighted by molar-refractivity contribution is 7.99. The average Bonchev–Trinajstić information content (AvgIpc) is 2.30. The Morgan fingerprint density at radius 2 is 2.35 bits per heavy atom. The first kappa shape index (κ1) is 14.8. The minimum atomic E-state index is 0.147. The number of rotatable bonds is 6. The molecule has 1 rings (SSSR count).